The van der Waals surface area contributed by atoms with Crippen molar-refractivity contribution in [3.05, 3.63) is 22.1 Å². The van der Waals surface area contributed by atoms with Crippen molar-refractivity contribution < 1.29 is 0 Å². The summed E-state index contributed by atoms with van der Waals surface area (Å²) in [6.07, 6.45) is 0.894. The lowest BCUT2D eigenvalue weighted by atomic mass is 10.0. The van der Waals surface area contributed by atoms with E-state index in [-0.39, 0.29) is 11.6 Å². The zero-order chi connectivity index (χ0) is 10.0. The lowest BCUT2D eigenvalue weighted by Crippen LogP contribution is -2.16. The van der Waals surface area contributed by atoms with Gasteiger partial charge >= 0.3 is 0 Å². The fourth-order valence-corrected chi connectivity index (χ4v) is 1.48. The van der Waals surface area contributed by atoms with Gasteiger partial charge in [-0.2, -0.15) is 0 Å². The largest absolute Gasteiger partial charge is 0.323 e. The molecule has 0 radical (unpaired) electrons. The Morgan fingerprint density at radius 1 is 1.62 bits per heavy atom. The number of aromatic nitrogens is 2. The fourth-order valence-electron chi connectivity index (χ4n) is 1.48. The minimum absolute atomic E-state index is 0.0519. The van der Waals surface area contributed by atoms with Crippen LogP contribution >= 0.6 is 0 Å². The van der Waals surface area contributed by atoms with Crippen LogP contribution in [0.2, 0.25) is 0 Å². The molecule has 3 N–H and O–H groups in total. The van der Waals surface area contributed by atoms with Crippen LogP contribution in [0.25, 0.3) is 0 Å². The SMILES string of the molecule is CC(C)CC(N)c1cc(=O)[nH]n1C. The normalized spacial score (nSPS) is 13.6. The van der Waals surface area contributed by atoms with Crippen molar-refractivity contribution in [3.8, 4) is 0 Å². The molecule has 1 rings (SSSR count). The van der Waals surface area contributed by atoms with E-state index in [1.54, 1.807) is 17.8 Å². The lowest BCUT2D eigenvalue weighted by molar-refractivity contribution is 0.485. The smallest absolute Gasteiger partial charge is 0.264 e. The molecule has 0 saturated heterocycles. The molecule has 0 bridgehead atoms. The number of aromatic amines is 1. The Morgan fingerprint density at radius 2 is 2.23 bits per heavy atom. The average molecular weight is 183 g/mol. The van der Waals surface area contributed by atoms with Crippen molar-refractivity contribution in [1.82, 2.24) is 9.78 Å². The maximum Gasteiger partial charge on any atom is 0.264 e. The van der Waals surface area contributed by atoms with Gasteiger partial charge in [-0.05, 0) is 12.3 Å². The molecule has 1 heterocycles. The maximum atomic E-state index is 11.0. The van der Waals surface area contributed by atoms with Crippen molar-refractivity contribution in [3.63, 3.8) is 0 Å². The first kappa shape index (κ1) is 10.1. The summed E-state index contributed by atoms with van der Waals surface area (Å²) in [5.74, 6) is 0.542. The fraction of sp³-hybridized carbons (Fsp3) is 0.667. The minimum Gasteiger partial charge on any atom is -0.323 e. The van der Waals surface area contributed by atoms with Crippen molar-refractivity contribution in [2.24, 2.45) is 18.7 Å². The molecule has 1 aromatic rings. The molecule has 0 fully saturated rings. The Balaban J connectivity index is 2.82. The first-order valence-corrected chi connectivity index (χ1v) is 4.52. The number of H-pyrrole nitrogens is 1. The van der Waals surface area contributed by atoms with Crippen molar-refractivity contribution >= 4 is 0 Å². The van der Waals surface area contributed by atoms with Gasteiger partial charge < -0.3 is 5.73 Å². The van der Waals surface area contributed by atoms with E-state index in [1.165, 1.54) is 0 Å². The van der Waals surface area contributed by atoms with Gasteiger partial charge in [-0.15, -0.1) is 0 Å². The molecule has 0 spiro atoms. The maximum absolute atomic E-state index is 11.0. The molecule has 13 heavy (non-hydrogen) atoms. The van der Waals surface area contributed by atoms with Gasteiger partial charge in [-0.3, -0.25) is 14.6 Å². The standard InChI is InChI=1S/C9H17N3O/c1-6(2)4-7(10)8-5-9(13)11-12(8)3/h5-7H,4,10H2,1-3H3,(H,11,13). The summed E-state index contributed by atoms with van der Waals surface area (Å²) in [5.41, 5.74) is 6.72. The number of hydrogen-bond donors (Lipinski definition) is 2. The topological polar surface area (TPSA) is 63.8 Å². The van der Waals surface area contributed by atoms with Crippen LogP contribution in [0.15, 0.2) is 10.9 Å². The van der Waals surface area contributed by atoms with E-state index in [2.05, 4.69) is 18.9 Å². The summed E-state index contributed by atoms with van der Waals surface area (Å²) in [4.78, 5) is 11.0. The van der Waals surface area contributed by atoms with Crippen LogP contribution in [-0.2, 0) is 7.05 Å². The van der Waals surface area contributed by atoms with Crippen LogP contribution in [0.3, 0.4) is 0 Å². The molecular formula is C9H17N3O. The monoisotopic (exact) mass is 183 g/mol. The Hall–Kier alpha value is -1.03. The van der Waals surface area contributed by atoms with Gasteiger partial charge in [0.1, 0.15) is 0 Å². The van der Waals surface area contributed by atoms with Crippen molar-refractivity contribution in [2.75, 3.05) is 0 Å². The van der Waals surface area contributed by atoms with Gasteiger partial charge in [0, 0.05) is 19.2 Å². The molecule has 4 heteroatoms. The first-order chi connectivity index (χ1) is 6.00. The molecule has 1 unspecified atom stereocenters. The van der Waals surface area contributed by atoms with E-state index in [1.807, 2.05) is 0 Å². The predicted octanol–water partition coefficient (Wildman–Crippen LogP) is 0.759. The summed E-state index contributed by atoms with van der Waals surface area (Å²) in [5, 5.41) is 2.64. The van der Waals surface area contributed by atoms with E-state index in [0.29, 0.717) is 5.92 Å². The van der Waals surface area contributed by atoms with Gasteiger partial charge in [0.05, 0.1) is 5.69 Å². The average Bonchev–Trinajstić information content (AvgIpc) is 2.28. The zero-order valence-electron chi connectivity index (χ0n) is 8.37. The predicted molar refractivity (Wildman–Crippen MR) is 52.4 cm³/mol. The Bertz CT molecular complexity index is 324. The summed E-state index contributed by atoms with van der Waals surface area (Å²) in [6.45, 7) is 4.23. The highest BCUT2D eigenvalue weighted by Crippen LogP contribution is 2.16. The molecule has 0 aliphatic carbocycles. The minimum atomic E-state index is -0.0864. The summed E-state index contributed by atoms with van der Waals surface area (Å²) in [7, 11) is 1.80. The van der Waals surface area contributed by atoms with Crippen LogP contribution in [-0.4, -0.2) is 9.78 Å². The third kappa shape index (κ3) is 2.45. The summed E-state index contributed by atoms with van der Waals surface area (Å²) in [6, 6.07) is 1.51. The molecule has 0 aromatic carbocycles. The Labute approximate surface area is 77.7 Å². The van der Waals surface area contributed by atoms with Gasteiger partial charge in [0.2, 0.25) is 0 Å². The molecule has 4 nitrogen and oxygen atoms in total. The third-order valence-electron chi connectivity index (χ3n) is 2.05. The third-order valence-corrected chi connectivity index (χ3v) is 2.05. The van der Waals surface area contributed by atoms with Crippen LogP contribution in [0.1, 0.15) is 32.0 Å². The molecule has 0 aliphatic rings. The Morgan fingerprint density at radius 3 is 2.62 bits per heavy atom. The molecule has 74 valence electrons. The lowest BCUT2D eigenvalue weighted by Gasteiger charge is -2.13. The van der Waals surface area contributed by atoms with Gasteiger partial charge in [-0.25, -0.2) is 0 Å². The van der Waals surface area contributed by atoms with E-state index < -0.39 is 0 Å². The number of hydrogen-bond acceptors (Lipinski definition) is 2. The summed E-state index contributed by atoms with van der Waals surface area (Å²) >= 11 is 0. The highest BCUT2D eigenvalue weighted by atomic mass is 16.1. The van der Waals surface area contributed by atoms with Crippen molar-refractivity contribution in [1.29, 1.82) is 0 Å². The van der Waals surface area contributed by atoms with Crippen LogP contribution in [0.4, 0.5) is 0 Å². The second kappa shape index (κ2) is 3.79. The molecular weight excluding hydrogens is 166 g/mol. The summed E-state index contributed by atoms with van der Waals surface area (Å²) < 4.78 is 1.69. The van der Waals surface area contributed by atoms with E-state index in [4.69, 9.17) is 5.73 Å². The van der Waals surface area contributed by atoms with Crippen LogP contribution in [0.5, 0.6) is 0 Å². The molecule has 1 aromatic heterocycles. The first-order valence-electron chi connectivity index (χ1n) is 4.52. The molecule has 0 aliphatic heterocycles. The van der Waals surface area contributed by atoms with Gasteiger partial charge in [0.25, 0.3) is 5.56 Å². The highest BCUT2D eigenvalue weighted by molar-refractivity contribution is 5.05. The molecule has 1 atom stereocenters. The number of nitrogens with one attached hydrogen (secondary N) is 1. The second-order valence-corrected chi connectivity index (χ2v) is 3.84. The highest BCUT2D eigenvalue weighted by Gasteiger charge is 2.12. The second-order valence-electron chi connectivity index (χ2n) is 3.84. The van der Waals surface area contributed by atoms with E-state index in [0.717, 1.165) is 12.1 Å². The Kier molecular flexibility index (Phi) is 2.93. The van der Waals surface area contributed by atoms with E-state index >= 15 is 0 Å². The van der Waals surface area contributed by atoms with Crippen LogP contribution in [0, 0.1) is 5.92 Å². The number of nitrogens with two attached hydrogens (primary N) is 1. The number of aryl methyl sites for hydroxylation is 1. The van der Waals surface area contributed by atoms with Crippen molar-refractivity contribution in [2.45, 2.75) is 26.3 Å². The number of nitrogens with zero attached hydrogens (tertiary/aromatic N) is 1. The zero-order valence-corrected chi connectivity index (χ0v) is 8.37. The molecule has 0 amide bonds. The van der Waals surface area contributed by atoms with Gasteiger partial charge in [-0.1, -0.05) is 13.8 Å². The van der Waals surface area contributed by atoms with Crippen LogP contribution < -0.4 is 11.3 Å². The molecule has 0 saturated carbocycles. The quantitative estimate of drug-likeness (QED) is 0.726. The number of rotatable bonds is 3. The van der Waals surface area contributed by atoms with Gasteiger partial charge in [0.15, 0.2) is 0 Å². The van der Waals surface area contributed by atoms with E-state index in [9.17, 15) is 4.79 Å².